The van der Waals surface area contributed by atoms with Gasteiger partial charge in [-0.05, 0) is 24.3 Å². The summed E-state index contributed by atoms with van der Waals surface area (Å²) in [5, 5.41) is 13.6. The summed E-state index contributed by atoms with van der Waals surface area (Å²) >= 11 is 0. The Morgan fingerprint density at radius 3 is 2.77 bits per heavy atom. The molecule has 2 aromatic rings. The molecule has 1 atom stereocenters. The number of carbonyl (C=O) groups is 1. The fraction of sp³-hybridized carbons (Fsp3) is 0.278. The summed E-state index contributed by atoms with van der Waals surface area (Å²) < 4.78 is 16.4. The molecule has 1 fully saturated rings. The van der Waals surface area contributed by atoms with E-state index in [1.807, 2.05) is 0 Å². The number of ether oxygens (including phenoxy) is 3. The molecule has 0 aromatic heterocycles. The van der Waals surface area contributed by atoms with Crippen LogP contribution in [0.1, 0.15) is 16.8 Å². The standard InChI is InChI=1S/C18H18N2O6/c1-24-16-7-6-12(10-17(16)26-13-8-9-25-11-13)18(21)19-14-4-2-3-5-15(14)20(22)23/h2-7,10,13H,8-9,11H2,1H3,(H,19,21). The van der Waals surface area contributed by atoms with Crippen molar-refractivity contribution in [3.05, 3.63) is 58.1 Å². The summed E-state index contributed by atoms with van der Waals surface area (Å²) in [5.74, 6) is 0.451. The largest absolute Gasteiger partial charge is 0.493 e. The van der Waals surface area contributed by atoms with Gasteiger partial charge in [0.2, 0.25) is 0 Å². The van der Waals surface area contributed by atoms with Gasteiger partial charge in [0, 0.05) is 18.1 Å². The van der Waals surface area contributed by atoms with Gasteiger partial charge in [-0.3, -0.25) is 14.9 Å². The fourth-order valence-corrected chi connectivity index (χ4v) is 2.63. The molecule has 26 heavy (non-hydrogen) atoms. The second-order valence-corrected chi connectivity index (χ2v) is 5.70. The predicted molar refractivity (Wildman–Crippen MR) is 93.9 cm³/mol. The van der Waals surface area contributed by atoms with E-state index in [1.54, 1.807) is 24.3 Å². The SMILES string of the molecule is COc1ccc(C(=O)Nc2ccccc2[N+](=O)[O-])cc1OC1CCOC1. The molecular weight excluding hydrogens is 340 g/mol. The number of para-hydroxylation sites is 2. The van der Waals surface area contributed by atoms with E-state index in [4.69, 9.17) is 14.2 Å². The number of benzene rings is 2. The van der Waals surface area contributed by atoms with E-state index >= 15 is 0 Å². The molecule has 3 rings (SSSR count). The van der Waals surface area contributed by atoms with Crippen LogP contribution in [-0.2, 0) is 4.74 Å². The number of methoxy groups -OCH3 is 1. The van der Waals surface area contributed by atoms with Crippen LogP contribution < -0.4 is 14.8 Å². The first-order valence-electron chi connectivity index (χ1n) is 8.05. The summed E-state index contributed by atoms with van der Waals surface area (Å²) in [4.78, 5) is 23.1. The van der Waals surface area contributed by atoms with Crippen molar-refractivity contribution in [3.63, 3.8) is 0 Å². The molecular formula is C18H18N2O6. The molecule has 1 aliphatic heterocycles. The molecule has 1 heterocycles. The van der Waals surface area contributed by atoms with Gasteiger partial charge < -0.3 is 19.5 Å². The van der Waals surface area contributed by atoms with Gasteiger partial charge in [0.15, 0.2) is 11.5 Å². The van der Waals surface area contributed by atoms with Crippen molar-refractivity contribution in [1.82, 2.24) is 0 Å². The van der Waals surface area contributed by atoms with Gasteiger partial charge in [0.05, 0.1) is 25.2 Å². The number of hydrogen-bond donors (Lipinski definition) is 1. The molecule has 2 aromatic carbocycles. The second kappa shape index (κ2) is 7.83. The Kier molecular flexibility index (Phi) is 5.33. The number of nitro groups is 1. The predicted octanol–water partition coefficient (Wildman–Crippen LogP) is 3.02. The van der Waals surface area contributed by atoms with E-state index in [-0.39, 0.29) is 17.5 Å². The van der Waals surface area contributed by atoms with Gasteiger partial charge in [-0.15, -0.1) is 0 Å². The third-order valence-corrected chi connectivity index (χ3v) is 3.96. The van der Waals surface area contributed by atoms with Crippen LogP contribution in [0.5, 0.6) is 11.5 Å². The van der Waals surface area contributed by atoms with Gasteiger partial charge in [-0.2, -0.15) is 0 Å². The molecule has 1 N–H and O–H groups in total. The first kappa shape index (κ1) is 17.7. The zero-order valence-electron chi connectivity index (χ0n) is 14.1. The van der Waals surface area contributed by atoms with Crippen molar-refractivity contribution < 1.29 is 23.9 Å². The van der Waals surface area contributed by atoms with Crippen molar-refractivity contribution in [2.45, 2.75) is 12.5 Å². The van der Waals surface area contributed by atoms with Crippen molar-refractivity contribution >= 4 is 17.3 Å². The van der Waals surface area contributed by atoms with E-state index in [0.717, 1.165) is 6.42 Å². The molecule has 0 saturated carbocycles. The van der Waals surface area contributed by atoms with Crippen LogP contribution >= 0.6 is 0 Å². The maximum atomic E-state index is 12.5. The normalized spacial score (nSPS) is 16.1. The number of nitrogens with zero attached hydrogens (tertiary/aromatic N) is 1. The Morgan fingerprint density at radius 1 is 1.27 bits per heavy atom. The Labute approximate surface area is 149 Å². The van der Waals surface area contributed by atoms with Crippen molar-refractivity contribution in [3.8, 4) is 11.5 Å². The van der Waals surface area contributed by atoms with Crippen molar-refractivity contribution in [1.29, 1.82) is 0 Å². The van der Waals surface area contributed by atoms with E-state index < -0.39 is 10.8 Å². The minimum Gasteiger partial charge on any atom is -0.493 e. The third kappa shape index (κ3) is 3.92. The minimum atomic E-state index is -0.543. The number of amides is 1. The number of rotatable bonds is 6. The van der Waals surface area contributed by atoms with Crippen LogP contribution in [-0.4, -0.2) is 37.3 Å². The molecule has 8 heteroatoms. The minimum absolute atomic E-state index is 0.0996. The van der Waals surface area contributed by atoms with Crippen LogP contribution in [0.15, 0.2) is 42.5 Å². The van der Waals surface area contributed by atoms with Crippen LogP contribution in [0.3, 0.4) is 0 Å². The summed E-state index contributed by atoms with van der Waals surface area (Å²) in [6, 6.07) is 10.7. The number of carbonyl (C=O) groups excluding carboxylic acids is 1. The van der Waals surface area contributed by atoms with Gasteiger partial charge in [-0.25, -0.2) is 0 Å². The summed E-state index contributed by atoms with van der Waals surface area (Å²) in [5.41, 5.74) is 0.261. The number of anilines is 1. The number of nitrogens with one attached hydrogen (secondary N) is 1. The summed E-state index contributed by atoms with van der Waals surface area (Å²) in [6.45, 7) is 1.11. The van der Waals surface area contributed by atoms with Gasteiger partial charge >= 0.3 is 0 Å². The maximum absolute atomic E-state index is 12.5. The lowest BCUT2D eigenvalue weighted by Gasteiger charge is -2.16. The highest BCUT2D eigenvalue weighted by Crippen LogP contribution is 2.31. The van der Waals surface area contributed by atoms with Crippen molar-refractivity contribution in [2.75, 3.05) is 25.6 Å². The Bertz CT molecular complexity index is 817. The quantitative estimate of drug-likeness (QED) is 0.629. The zero-order chi connectivity index (χ0) is 18.5. The van der Waals surface area contributed by atoms with E-state index in [0.29, 0.717) is 30.3 Å². The highest BCUT2D eigenvalue weighted by molar-refractivity contribution is 6.05. The zero-order valence-corrected chi connectivity index (χ0v) is 14.1. The highest BCUT2D eigenvalue weighted by Gasteiger charge is 2.21. The molecule has 1 aliphatic rings. The van der Waals surface area contributed by atoms with Crippen LogP contribution in [0, 0.1) is 10.1 Å². The maximum Gasteiger partial charge on any atom is 0.292 e. The molecule has 1 unspecified atom stereocenters. The molecule has 0 spiro atoms. The van der Waals surface area contributed by atoms with Gasteiger partial charge in [0.25, 0.3) is 11.6 Å². The monoisotopic (exact) mass is 358 g/mol. The van der Waals surface area contributed by atoms with Crippen LogP contribution in [0.25, 0.3) is 0 Å². The third-order valence-electron chi connectivity index (χ3n) is 3.96. The smallest absolute Gasteiger partial charge is 0.292 e. The second-order valence-electron chi connectivity index (χ2n) is 5.70. The Morgan fingerprint density at radius 2 is 2.08 bits per heavy atom. The average molecular weight is 358 g/mol. The van der Waals surface area contributed by atoms with E-state index in [1.165, 1.54) is 25.3 Å². The van der Waals surface area contributed by atoms with Crippen LogP contribution in [0.2, 0.25) is 0 Å². The number of nitro benzene ring substituents is 1. The van der Waals surface area contributed by atoms with Gasteiger partial charge in [-0.1, -0.05) is 12.1 Å². The molecule has 0 aliphatic carbocycles. The molecule has 136 valence electrons. The fourth-order valence-electron chi connectivity index (χ4n) is 2.63. The number of hydrogen-bond acceptors (Lipinski definition) is 6. The Balaban J connectivity index is 1.82. The van der Waals surface area contributed by atoms with Crippen molar-refractivity contribution in [2.24, 2.45) is 0 Å². The van der Waals surface area contributed by atoms with Crippen LogP contribution in [0.4, 0.5) is 11.4 Å². The van der Waals surface area contributed by atoms with Gasteiger partial charge in [0.1, 0.15) is 11.8 Å². The summed E-state index contributed by atoms with van der Waals surface area (Å²) in [6.07, 6.45) is 0.660. The van der Waals surface area contributed by atoms with E-state index in [9.17, 15) is 14.9 Å². The summed E-state index contributed by atoms with van der Waals surface area (Å²) in [7, 11) is 1.51. The molecule has 0 radical (unpaired) electrons. The molecule has 1 amide bonds. The molecule has 8 nitrogen and oxygen atoms in total. The first-order chi connectivity index (χ1) is 12.6. The molecule has 1 saturated heterocycles. The lowest BCUT2D eigenvalue weighted by Crippen LogP contribution is -2.17. The lowest BCUT2D eigenvalue weighted by atomic mass is 10.1. The first-order valence-corrected chi connectivity index (χ1v) is 8.05. The molecule has 0 bridgehead atoms. The lowest BCUT2D eigenvalue weighted by molar-refractivity contribution is -0.383. The average Bonchev–Trinajstić information content (AvgIpc) is 3.15. The highest BCUT2D eigenvalue weighted by atomic mass is 16.6. The topological polar surface area (TPSA) is 99.9 Å². The Hall–Kier alpha value is -3.13. The van der Waals surface area contributed by atoms with E-state index in [2.05, 4.69) is 5.32 Å².